The Kier molecular flexibility index (Phi) is 4.41. The number of nitrogens with zero attached hydrogens (tertiary/aromatic N) is 1. The quantitative estimate of drug-likeness (QED) is 0.894. The Morgan fingerprint density at radius 3 is 2.44 bits per heavy atom. The van der Waals surface area contributed by atoms with Crippen LogP contribution < -0.4 is 9.46 Å². The SMILES string of the molecule is CN(C)S(=O)(=O)Nc1cc(F)ccc1OC(F)F. The molecule has 0 saturated heterocycles. The Morgan fingerprint density at radius 2 is 1.94 bits per heavy atom. The number of anilines is 1. The Bertz CT molecular complexity index is 520. The first-order valence-electron chi connectivity index (χ1n) is 4.67. The second-order valence-electron chi connectivity index (χ2n) is 3.41. The molecule has 9 heteroatoms. The Balaban J connectivity index is 3.10. The van der Waals surface area contributed by atoms with Crippen LogP contribution in [0.5, 0.6) is 5.75 Å². The molecule has 18 heavy (non-hydrogen) atoms. The summed E-state index contributed by atoms with van der Waals surface area (Å²) < 4.78 is 67.0. The maximum atomic E-state index is 13.0. The summed E-state index contributed by atoms with van der Waals surface area (Å²) in [5.41, 5.74) is -0.399. The first kappa shape index (κ1) is 14.6. The fourth-order valence-electron chi connectivity index (χ4n) is 1.01. The lowest BCUT2D eigenvalue weighted by Crippen LogP contribution is -2.29. The smallest absolute Gasteiger partial charge is 0.387 e. The van der Waals surface area contributed by atoms with Crippen molar-refractivity contribution in [3.63, 3.8) is 0 Å². The van der Waals surface area contributed by atoms with Gasteiger partial charge >= 0.3 is 16.8 Å². The minimum Gasteiger partial charge on any atom is -0.433 e. The summed E-state index contributed by atoms with van der Waals surface area (Å²) in [4.78, 5) is 0. The molecule has 0 unspecified atom stereocenters. The zero-order chi connectivity index (χ0) is 13.9. The number of hydrogen-bond acceptors (Lipinski definition) is 3. The number of alkyl halides is 2. The van der Waals surface area contributed by atoms with E-state index in [-0.39, 0.29) is 0 Å². The van der Waals surface area contributed by atoms with Crippen LogP contribution in [0, 0.1) is 5.82 Å². The number of benzene rings is 1. The normalized spacial score (nSPS) is 11.9. The standard InChI is InChI=1S/C9H11F3N2O3S/c1-14(2)18(15,16)13-7-5-6(10)3-4-8(7)17-9(11)12/h3-5,9,13H,1-2H3. The van der Waals surface area contributed by atoms with E-state index in [2.05, 4.69) is 4.74 Å². The minimum atomic E-state index is -3.93. The van der Waals surface area contributed by atoms with Gasteiger partial charge in [-0.25, -0.2) is 4.39 Å². The third kappa shape index (κ3) is 3.77. The van der Waals surface area contributed by atoms with Crippen LogP contribution in [0.1, 0.15) is 0 Å². The molecule has 1 rings (SSSR count). The van der Waals surface area contributed by atoms with Crippen molar-refractivity contribution in [3.8, 4) is 5.75 Å². The highest BCUT2D eigenvalue weighted by atomic mass is 32.2. The highest BCUT2D eigenvalue weighted by Crippen LogP contribution is 2.28. The van der Waals surface area contributed by atoms with Crippen molar-refractivity contribution < 1.29 is 26.3 Å². The summed E-state index contributed by atoms with van der Waals surface area (Å²) in [5.74, 6) is -1.25. The van der Waals surface area contributed by atoms with Gasteiger partial charge in [-0.2, -0.15) is 21.5 Å². The number of ether oxygens (including phenoxy) is 1. The van der Waals surface area contributed by atoms with E-state index in [9.17, 15) is 21.6 Å². The van der Waals surface area contributed by atoms with Crippen molar-refractivity contribution in [2.24, 2.45) is 0 Å². The Labute approximate surface area is 102 Å². The molecule has 1 aromatic rings. The molecule has 1 N–H and O–H groups in total. The van der Waals surface area contributed by atoms with Crippen LogP contribution in [-0.2, 0) is 10.2 Å². The molecule has 0 atom stereocenters. The maximum Gasteiger partial charge on any atom is 0.387 e. The molecule has 102 valence electrons. The predicted octanol–water partition coefficient (Wildman–Crippen LogP) is 1.65. The van der Waals surface area contributed by atoms with Crippen LogP contribution in [-0.4, -0.2) is 33.4 Å². The summed E-state index contributed by atoms with van der Waals surface area (Å²) in [7, 11) is -1.47. The van der Waals surface area contributed by atoms with E-state index in [1.54, 1.807) is 0 Å². The lowest BCUT2D eigenvalue weighted by molar-refractivity contribution is -0.0493. The van der Waals surface area contributed by atoms with Crippen molar-refractivity contribution in [2.75, 3.05) is 18.8 Å². The van der Waals surface area contributed by atoms with Crippen LogP contribution in [0.15, 0.2) is 18.2 Å². The molecule has 1 aromatic carbocycles. The largest absolute Gasteiger partial charge is 0.433 e. The first-order valence-corrected chi connectivity index (χ1v) is 6.11. The van der Waals surface area contributed by atoms with E-state index >= 15 is 0 Å². The molecule has 5 nitrogen and oxygen atoms in total. The van der Waals surface area contributed by atoms with E-state index in [4.69, 9.17) is 0 Å². The second-order valence-corrected chi connectivity index (χ2v) is 5.29. The minimum absolute atomic E-state index is 0.399. The summed E-state index contributed by atoms with van der Waals surface area (Å²) >= 11 is 0. The molecule has 0 aromatic heterocycles. The lowest BCUT2D eigenvalue weighted by Gasteiger charge is -2.16. The predicted molar refractivity (Wildman–Crippen MR) is 59.3 cm³/mol. The highest BCUT2D eigenvalue weighted by Gasteiger charge is 2.18. The van der Waals surface area contributed by atoms with E-state index in [1.807, 2.05) is 4.72 Å². The van der Waals surface area contributed by atoms with Gasteiger partial charge in [0.2, 0.25) is 0 Å². The maximum absolute atomic E-state index is 13.0. The van der Waals surface area contributed by atoms with Gasteiger partial charge in [0.1, 0.15) is 11.6 Å². The molecule has 0 spiro atoms. The molecule has 0 fully saturated rings. The average Bonchev–Trinajstić information content (AvgIpc) is 2.21. The summed E-state index contributed by atoms with van der Waals surface area (Å²) in [6, 6.07) is 2.54. The van der Waals surface area contributed by atoms with E-state index in [0.717, 1.165) is 22.5 Å². The second kappa shape index (κ2) is 5.44. The third-order valence-corrected chi connectivity index (χ3v) is 3.32. The Morgan fingerprint density at radius 1 is 1.33 bits per heavy atom. The first-order chi connectivity index (χ1) is 8.22. The van der Waals surface area contributed by atoms with Crippen molar-refractivity contribution in [1.29, 1.82) is 0 Å². The summed E-state index contributed by atoms with van der Waals surface area (Å²) in [5, 5.41) is 0. The van der Waals surface area contributed by atoms with Crippen molar-refractivity contribution >= 4 is 15.9 Å². The Hall–Kier alpha value is -1.48. The van der Waals surface area contributed by atoms with Crippen LogP contribution in [0.4, 0.5) is 18.9 Å². The van der Waals surface area contributed by atoms with Crippen molar-refractivity contribution in [1.82, 2.24) is 4.31 Å². The summed E-state index contributed by atoms with van der Waals surface area (Å²) in [6.07, 6.45) is 0. The molecule has 0 heterocycles. The molecular weight excluding hydrogens is 273 g/mol. The van der Waals surface area contributed by atoms with Crippen LogP contribution >= 0.6 is 0 Å². The van der Waals surface area contributed by atoms with Crippen LogP contribution in [0.2, 0.25) is 0 Å². The van der Waals surface area contributed by atoms with Crippen molar-refractivity contribution in [3.05, 3.63) is 24.0 Å². The lowest BCUT2D eigenvalue weighted by atomic mass is 10.3. The number of hydrogen-bond donors (Lipinski definition) is 1. The zero-order valence-corrected chi connectivity index (χ0v) is 10.3. The number of nitrogens with one attached hydrogen (secondary N) is 1. The molecule has 0 amide bonds. The van der Waals surface area contributed by atoms with Gasteiger partial charge in [0.25, 0.3) is 0 Å². The van der Waals surface area contributed by atoms with Gasteiger partial charge in [-0.3, -0.25) is 4.72 Å². The fraction of sp³-hybridized carbons (Fsp3) is 0.333. The van der Waals surface area contributed by atoms with Crippen LogP contribution in [0.3, 0.4) is 0 Å². The van der Waals surface area contributed by atoms with Gasteiger partial charge < -0.3 is 4.74 Å². The molecule has 0 saturated carbocycles. The monoisotopic (exact) mass is 284 g/mol. The number of halogens is 3. The molecule has 0 radical (unpaired) electrons. The molecule has 0 aliphatic rings. The van der Waals surface area contributed by atoms with Gasteiger partial charge in [0.05, 0.1) is 5.69 Å². The topological polar surface area (TPSA) is 58.6 Å². The summed E-state index contributed by atoms with van der Waals surface area (Å²) in [6.45, 7) is -3.14. The molecule has 0 aliphatic carbocycles. The average molecular weight is 284 g/mol. The molecule has 0 bridgehead atoms. The molecular formula is C9H11F3N2O3S. The van der Waals surface area contributed by atoms with Gasteiger partial charge in [-0.05, 0) is 12.1 Å². The van der Waals surface area contributed by atoms with Gasteiger partial charge in [-0.15, -0.1) is 0 Å². The van der Waals surface area contributed by atoms with Crippen LogP contribution in [0.25, 0.3) is 0 Å². The van der Waals surface area contributed by atoms with E-state index in [1.165, 1.54) is 14.1 Å². The molecule has 0 aliphatic heterocycles. The van der Waals surface area contributed by atoms with Gasteiger partial charge in [-0.1, -0.05) is 0 Å². The van der Waals surface area contributed by atoms with Gasteiger partial charge in [0, 0.05) is 20.2 Å². The highest BCUT2D eigenvalue weighted by molar-refractivity contribution is 7.90. The van der Waals surface area contributed by atoms with Gasteiger partial charge in [0.15, 0.2) is 0 Å². The fourth-order valence-corrected chi connectivity index (χ4v) is 1.63. The van der Waals surface area contributed by atoms with Crippen molar-refractivity contribution in [2.45, 2.75) is 6.61 Å². The van der Waals surface area contributed by atoms with E-state index in [0.29, 0.717) is 0 Å². The zero-order valence-electron chi connectivity index (χ0n) is 9.52. The van der Waals surface area contributed by atoms with E-state index < -0.39 is 34.1 Å². The third-order valence-electron chi connectivity index (χ3n) is 1.88. The number of rotatable bonds is 5.